The molecule has 0 atom stereocenters. The molecule has 0 heterocycles. The number of rotatable bonds is 6. The van der Waals surface area contributed by atoms with E-state index in [9.17, 15) is 9.59 Å². The fraction of sp³-hybridized carbons (Fsp3) is 0.429. The van der Waals surface area contributed by atoms with Gasteiger partial charge in [-0.2, -0.15) is 0 Å². The molecule has 0 aromatic rings. The van der Waals surface area contributed by atoms with Crippen LogP contribution in [-0.2, 0) is 9.59 Å². The molecule has 0 spiro atoms. The van der Waals surface area contributed by atoms with Crippen molar-refractivity contribution in [3.8, 4) is 0 Å². The lowest BCUT2D eigenvalue weighted by atomic mass is 9.84. The molecule has 0 fully saturated rings. The smallest absolute Gasteiger partial charge is 0.161 e. The van der Waals surface area contributed by atoms with Crippen LogP contribution in [-0.4, -0.2) is 11.6 Å². The highest BCUT2D eigenvalue weighted by molar-refractivity contribution is 5.94. The first kappa shape index (κ1) is 14.6. The molecule has 0 N–H and O–H groups in total. The summed E-state index contributed by atoms with van der Waals surface area (Å²) in [6.45, 7) is 10.8. The van der Waals surface area contributed by atoms with Crippen molar-refractivity contribution in [2.75, 3.05) is 0 Å². The van der Waals surface area contributed by atoms with E-state index in [1.54, 1.807) is 18.2 Å². The van der Waals surface area contributed by atoms with Crippen molar-refractivity contribution in [3.63, 3.8) is 0 Å². The van der Waals surface area contributed by atoms with E-state index in [1.165, 1.54) is 13.0 Å². The first-order chi connectivity index (χ1) is 7.25. The Labute approximate surface area is 97.7 Å². The van der Waals surface area contributed by atoms with E-state index >= 15 is 0 Å². The maximum atomic E-state index is 11.8. The number of carbonyl (C=O) groups is 2. The molecule has 0 amide bonds. The number of hydrogen-bond donors (Lipinski definition) is 0. The zero-order chi connectivity index (χ0) is 12.8. The van der Waals surface area contributed by atoms with E-state index in [-0.39, 0.29) is 11.6 Å². The summed E-state index contributed by atoms with van der Waals surface area (Å²) in [7, 11) is 0. The van der Waals surface area contributed by atoms with E-state index in [4.69, 9.17) is 0 Å². The minimum absolute atomic E-state index is 0.000673. The van der Waals surface area contributed by atoms with Gasteiger partial charge in [-0.15, -0.1) is 0 Å². The molecule has 0 saturated heterocycles. The van der Waals surface area contributed by atoms with Gasteiger partial charge in [-0.1, -0.05) is 38.2 Å². The molecular formula is C14H20O2. The van der Waals surface area contributed by atoms with Crippen LogP contribution in [0.4, 0.5) is 0 Å². The Hall–Kier alpha value is -1.44. The minimum atomic E-state index is -0.474. The zero-order valence-corrected chi connectivity index (χ0v) is 10.5. The van der Waals surface area contributed by atoms with Gasteiger partial charge >= 0.3 is 0 Å². The SMILES string of the molecule is C=C(C)C=CC(=O)C(C)(C)CC=CC(C)=O. The number of hydrogen-bond acceptors (Lipinski definition) is 2. The molecule has 0 aromatic heterocycles. The number of carbonyl (C=O) groups excluding carboxylic acids is 2. The van der Waals surface area contributed by atoms with Crippen LogP contribution in [0.2, 0.25) is 0 Å². The molecule has 0 rings (SSSR count). The van der Waals surface area contributed by atoms with E-state index in [2.05, 4.69) is 6.58 Å². The Bertz CT molecular complexity index is 344. The summed E-state index contributed by atoms with van der Waals surface area (Å²) in [5.74, 6) is 0.0458. The van der Waals surface area contributed by atoms with E-state index < -0.39 is 5.41 Å². The van der Waals surface area contributed by atoms with Gasteiger partial charge in [0.2, 0.25) is 0 Å². The molecule has 88 valence electrons. The molecule has 2 heteroatoms. The molecule has 0 unspecified atom stereocenters. The Morgan fingerprint density at radius 1 is 1.12 bits per heavy atom. The van der Waals surface area contributed by atoms with Crippen molar-refractivity contribution in [2.24, 2.45) is 5.41 Å². The molecule has 16 heavy (non-hydrogen) atoms. The quantitative estimate of drug-likeness (QED) is 0.508. The van der Waals surface area contributed by atoms with Crippen molar-refractivity contribution < 1.29 is 9.59 Å². The summed E-state index contributed by atoms with van der Waals surface area (Å²) in [6, 6.07) is 0. The maximum absolute atomic E-state index is 11.8. The van der Waals surface area contributed by atoms with Gasteiger partial charge in [0.15, 0.2) is 11.6 Å². The van der Waals surface area contributed by atoms with Gasteiger partial charge in [-0.05, 0) is 32.4 Å². The van der Waals surface area contributed by atoms with Crippen LogP contribution < -0.4 is 0 Å². The highest BCUT2D eigenvalue weighted by Gasteiger charge is 2.23. The van der Waals surface area contributed by atoms with Gasteiger partial charge in [-0.25, -0.2) is 0 Å². The fourth-order valence-corrected chi connectivity index (χ4v) is 1.06. The summed E-state index contributed by atoms with van der Waals surface area (Å²) in [4.78, 5) is 22.5. The van der Waals surface area contributed by atoms with E-state index in [0.717, 1.165) is 5.57 Å². The molecule has 0 radical (unpaired) electrons. The standard InChI is InChI=1S/C14H20O2/c1-11(2)8-9-13(16)14(4,5)10-6-7-12(3)15/h6-9H,1,10H2,2-5H3. The van der Waals surface area contributed by atoms with E-state index in [1.807, 2.05) is 20.8 Å². The summed E-state index contributed by atoms with van der Waals surface area (Å²) in [6.07, 6.45) is 7.06. The second kappa shape index (κ2) is 6.21. The van der Waals surface area contributed by atoms with E-state index in [0.29, 0.717) is 6.42 Å². The van der Waals surface area contributed by atoms with Gasteiger partial charge in [0.1, 0.15) is 0 Å². The molecule has 0 aliphatic carbocycles. The third kappa shape index (κ3) is 6.12. The zero-order valence-electron chi connectivity index (χ0n) is 10.5. The summed E-state index contributed by atoms with van der Waals surface area (Å²) in [5, 5.41) is 0. The van der Waals surface area contributed by atoms with Crippen LogP contribution in [0, 0.1) is 5.41 Å². The highest BCUT2D eigenvalue weighted by Crippen LogP contribution is 2.23. The largest absolute Gasteiger partial charge is 0.295 e. The molecule has 0 saturated carbocycles. The molecule has 0 bridgehead atoms. The van der Waals surface area contributed by atoms with Crippen LogP contribution >= 0.6 is 0 Å². The first-order valence-electron chi connectivity index (χ1n) is 5.31. The van der Waals surface area contributed by atoms with Crippen molar-refractivity contribution in [1.29, 1.82) is 0 Å². The predicted octanol–water partition coefficient (Wildman–Crippen LogP) is 3.25. The lowest BCUT2D eigenvalue weighted by Gasteiger charge is -2.18. The van der Waals surface area contributed by atoms with Crippen LogP contribution in [0.5, 0.6) is 0 Å². The fourth-order valence-electron chi connectivity index (χ4n) is 1.06. The Morgan fingerprint density at radius 3 is 2.12 bits per heavy atom. The summed E-state index contributed by atoms with van der Waals surface area (Å²) in [5.41, 5.74) is 0.376. The van der Waals surface area contributed by atoms with Gasteiger partial charge in [-0.3, -0.25) is 9.59 Å². The Morgan fingerprint density at radius 2 is 1.69 bits per heavy atom. The topological polar surface area (TPSA) is 34.1 Å². The van der Waals surface area contributed by atoms with Crippen LogP contribution in [0.25, 0.3) is 0 Å². The molecule has 0 aromatic carbocycles. The predicted molar refractivity (Wildman–Crippen MR) is 67.2 cm³/mol. The second-order valence-electron chi connectivity index (χ2n) is 4.64. The maximum Gasteiger partial charge on any atom is 0.161 e. The highest BCUT2D eigenvalue weighted by atomic mass is 16.1. The molecular weight excluding hydrogens is 200 g/mol. The number of ketones is 2. The summed E-state index contributed by atoms with van der Waals surface area (Å²) < 4.78 is 0. The third-order valence-corrected chi connectivity index (χ3v) is 2.17. The van der Waals surface area contributed by atoms with Crippen molar-refractivity contribution >= 4 is 11.6 Å². The van der Waals surface area contributed by atoms with Gasteiger partial charge in [0.25, 0.3) is 0 Å². The van der Waals surface area contributed by atoms with Gasteiger partial charge in [0, 0.05) is 5.41 Å². The van der Waals surface area contributed by atoms with Crippen molar-refractivity contribution in [3.05, 3.63) is 36.5 Å². The van der Waals surface area contributed by atoms with Crippen LogP contribution in [0.1, 0.15) is 34.1 Å². The number of allylic oxidation sites excluding steroid dienone is 5. The second-order valence-corrected chi connectivity index (χ2v) is 4.64. The van der Waals surface area contributed by atoms with Gasteiger partial charge < -0.3 is 0 Å². The molecule has 2 nitrogen and oxygen atoms in total. The lowest BCUT2D eigenvalue weighted by molar-refractivity contribution is -0.122. The average Bonchev–Trinajstić information content (AvgIpc) is 2.12. The van der Waals surface area contributed by atoms with Crippen LogP contribution in [0.15, 0.2) is 36.5 Å². The Balaban J connectivity index is 4.48. The monoisotopic (exact) mass is 220 g/mol. The first-order valence-corrected chi connectivity index (χ1v) is 5.31. The van der Waals surface area contributed by atoms with Gasteiger partial charge in [0.05, 0.1) is 0 Å². The lowest BCUT2D eigenvalue weighted by Crippen LogP contribution is -2.21. The minimum Gasteiger partial charge on any atom is -0.295 e. The third-order valence-electron chi connectivity index (χ3n) is 2.17. The average molecular weight is 220 g/mol. The van der Waals surface area contributed by atoms with Crippen molar-refractivity contribution in [1.82, 2.24) is 0 Å². The van der Waals surface area contributed by atoms with Crippen molar-refractivity contribution in [2.45, 2.75) is 34.1 Å². The molecule has 0 aliphatic rings. The molecule has 0 aliphatic heterocycles. The van der Waals surface area contributed by atoms with Crippen LogP contribution in [0.3, 0.4) is 0 Å². The Kier molecular flexibility index (Phi) is 5.65. The summed E-state index contributed by atoms with van der Waals surface area (Å²) >= 11 is 0. The normalized spacial score (nSPS) is 12.2.